The summed E-state index contributed by atoms with van der Waals surface area (Å²) in [6, 6.07) is 46.1. The summed E-state index contributed by atoms with van der Waals surface area (Å²) in [4.78, 5) is 25.3. The third-order valence-electron chi connectivity index (χ3n) is 12.7. The summed E-state index contributed by atoms with van der Waals surface area (Å²) in [5.74, 6) is -0.834. The molecule has 10 rings (SSSR count). The van der Waals surface area contributed by atoms with E-state index in [-0.39, 0.29) is 38.3 Å². The molecular weight excluding hydrogens is 765 g/mol. The zero-order valence-electron chi connectivity index (χ0n) is 34.5. The van der Waals surface area contributed by atoms with Gasteiger partial charge in [-0.05, 0) is 90.9 Å². The molecule has 4 aliphatic carbocycles. The highest BCUT2D eigenvalue weighted by molar-refractivity contribution is 5.86. The van der Waals surface area contributed by atoms with E-state index in [0.717, 1.165) is 45.0 Å². The summed E-state index contributed by atoms with van der Waals surface area (Å²) in [6.45, 7) is 10.1. The molecule has 8 heteroatoms. The predicted molar refractivity (Wildman–Crippen MR) is 233 cm³/mol. The molecule has 8 nitrogen and oxygen atoms in total. The molecule has 0 amide bonds. The summed E-state index contributed by atoms with van der Waals surface area (Å²) in [5.41, 5.74) is 6.13. The van der Waals surface area contributed by atoms with Gasteiger partial charge < -0.3 is 29.2 Å². The normalized spacial score (nSPS) is 20.0. The number of aliphatic hydroxyl groups is 2. The van der Waals surface area contributed by atoms with Gasteiger partial charge in [0.15, 0.2) is 0 Å². The second kappa shape index (κ2) is 15.2. The molecule has 0 saturated carbocycles. The van der Waals surface area contributed by atoms with Crippen molar-refractivity contribution >= 4 is 11.9 Å². The smallest absolute Gasteiger partial charge is 0.330 e. The lowest BCUT2D eigenvalue weighted by molar-refractivity contribution is -0.167. The van der Waals surface area contributed by atoms with Gasteiger partial charge in [-0.25, -0.2) is 4.79 Å². The Morgan fingerprint density at radius 1 is 0.623 bits per heavy atom. The van der Waals surface area contributed by atoms with Crippen molar-refractivity contribution in [3.8, 4) is 22.6 Å². The van der Waals surface area contributed by atoms with Gasteiger partial charge in [0.1, 0.15) is 49.1 Å². The van der Waals surface area contributed by atoms with E-state index in [1.165, 1.54) is 0 Å². The van der Waals surface area contributed by atoms with Crippen LogP contribution in [0.15, 0.2) is 152 Å². The monoisotopic (exact) mass is 812 g/mol. The third-order valence-corrected chi connectivity index (χ3v) is 12.7. The fourth-order valence-electron chi connectivity index (χ4n) is 9.83. The van der Waals surface area contributed by atoms with E-state index in [2.05, 4.69) is 100 Å². The van der Waals surface area contributed by atoms with Crippen molar-refractivity contribution in [3.05, 3.63) is 202 Å². The summed E-state index contributed by atoms with van der Waals surface area (Å²) in [7, 11) is 0. The van der Waals surface area contributed by atoms with Crippen LogP contribution in [-0.2, 0) is 41.1 Å². The Kier molecular flexibility index (Phi) is 9.96. The first-order valence-electron chi connectivity index (χ1n) is 20.7. The van der Waals surface area contributed by atoms with Gasteiger partial charge >= 0.3 is 11.9 Å². The minimum absolute atomic E-state index is 0.000749. The minimum atomic E-state index is -1.66. The van der Waals surface area contributed by atoms with E-state index >= 15 is 0 Å². The van der Waals surface area contributed by atoms with E-state index in [9.17, 15) is 19.8 Å². The van der Waals surface area contributed by atoms with Gasteiger partial charge in [-0.2, -0.15) is 0 Å². The SMILES string of the molecule is C=CC(=O)OCCOc1ccc(C2(c3ccc(OCCOC(=O)C4CC5(O)c6ccccc6C4(O)c4ccc(C(C)(C)C)cc45)cc3)c3ccccc3-c3ccccc32)cc1. The molecule has 6 aromatic carbocycles. The number of hydrogen-bond acceptors (Lipinski definition) is 8. The second-order valence-corrected chi connectivity index (χ2v) is 17.1. The van der Waals surface area contributed by atoms with Crippen molar-refractivity contribution < 1.29 is 38.7 Å². The highest BCUT2D eigenvalue weighted by atomic mass is 16.6. The van der Waals surface area contributed by atoms with Crippen LogP contribution in [0.2, 0.25) is 0 Å². The largest absolute Gasteiger partial charge is 0.490 e. The average Bonchev–Trinajstić information content (AvgIpc) is 3.58. The zero-order valence-corrected chi connectivity index (χ0v) is 34.5. The van der Waals surface area contributed by atoms with Gasteiger partial charge in [-0.15, -0.1) is 0 Å². The molecule has 61 heavy (non-hydrogen) atoms. The molecule has 0 aliphatic heterocycles. The van der Waals surface area contributed by atoms with Crippen LogP contribution in [0.4, 0.5) is 0 Å². The van der Waals surface area contributed by atoms with Gasteiger partial charge in [0.25, 0.3) is 0 Å². The van der Waals surface area contributed by atoms with Crippen LogP contribution in [0.5, 0.6) is 11.5 Å². The number of carbonyl (C=O) groups is 2. The fraction of sp³-hybridized carbons (Fsp3) is 0.245. The number of hydrogen-bond donors (Lipinski definition) is 2. The first-order chi connectivity index (χ1) is 29.4. The molecule has 6 aromatic rings. The maximum Gasteiger partial charge on any atom is 0.330 e. The number of benzene rings is 6. The molecule has 2 bridgehead atoms. The lowest BCUT2D eigenvalue weighted by atomic mass is 9.54. The first kappa shape index (κ1) is 40.0. The number of esters is 2. The van der Waals surface area contributed by atoms with Crippen molar-refractivity contribution in [2.24, 2.45) is 5.92 Å². The van der Waals surface area contributed by atoms with Crippen molar-refractivity contribution in [1.82, 2.24) is 0 Å². The standard InChI is InChI=1S/C53H48O8/c1-5-48(54)60-30-28-58-37-23-18-34(19-24-37)52(41-14-8-6-12-39(41)40-13-7-9-15-42(40)52)35-20-25-38(26-21-35)59-29-31-61-49(55)47-33-51(56)43-16-10-11-17-44(43)53(47,57)45-27-22-36(32-46(45)51)50(2,3)4/h5-27,32,47,56-57H,1,28-31,33H2,2-4H3. The number of fused-ring (bicyclic) bond motifs is 4. The summed E-state index contributed by atoms with van der Waals surface area (Å²) < 4.78 is 22.9. The van der Waals surface area contributed by atoms with Crippen molar-refractivity contribution in [2.75, 3.05) is 26.4 Å². The molecule has 0 radical (unpaired) electrons. The van der Waals surface area contributed by atoms with Gasteiger partial charge in [0.2, 0.25) is 0 Å². The number of carbonyl (C=O) groups excluding carboxylic acids is 2. The molecule has 0 spiro atoms. The number of ether oxygens (including phenoxy) is 4. The Balaban J connectivity index is 0.933. The Morgan fingerprint density at radius 2 is 1.11 bits per heavy atom. The molecule has 0 heterocycles. The van der Waals surface area contributed by atoms with Gasteiger partial charge in [-0.3, -0.25) is 4.79 Å². The maximum absolute atomic E-state index is 13.9. The van der Waals surface area contributed by atoms with Gasteiger partial charge in [-0.1, -0.05) is 143 Å². The van der Waals surface area contributed by atoms with Crippen LogP contribution in [0, 0.1) is 5.92 Å². The minimum Gasteiger partial charge on any atom is -0.490 e. The summed E-state index contributed by atoms with van der Waals surface area (Å²) in [6.07, 6.45) is 1.13. The summed E-state index contributed by atoms with van der Waals surface area (Å²) in [5, 5.41) is 24.9. The molecule has 0 saturated heterocycles. The lowest BCUT2D eigenvalue weighted by Crippen LogP contribution is -2.57. The van der Waals surface area contributed by atoms with Crippen LogP contribution in [-0.4, -0.2) is 48.6 Å². The van der Waals surface area contributed by atoms with E-state index in [1.54, 1.807) is 6.07 Å². The molecule has 4 aliphatic rings. The molecule has 308 valence electrons. The van der Waals surface area contributed by atoms with Crippen molar-refractivity contribution in [2.45, 2.75) is 49.2 Å². The molecule has 0 aromatic heterocycles. The molecular formula is C53H48O8. The third kappa shape index (κ3) is 6.44. The second-order valence-electron chi connectivity index (χ2n) is 17.1. The van der Waals surface area contributed by atoms with Gasteiger partial charge in [0.05, 0.1) is 11.3 Å². The summed E-state index contributed by atoms with van der Waals surface area (Å²) >= 11 is 0. The Morgan fingerprint density at radius 3 is 1.66 bits per heavy atom. The van der Waals surface area contributed by atoms with Crippen LogP contribution >= 0.6 is 0 Å². The van der Waals surface area contributed by atoms with Crippen LogP contribution in [0.3, 0.4) is 0 Å². The van der Waals surface area contributed by atoms with E-state index < -0.39 is 34.5 Å². The predicted octanol–water partition coefficient (Wildman–Crippen LogP) is 8.88. The maximum atomic E-state index is 13.9. The molecule has 2 N–H and O–H groups in total. The van der Waals surface area contributed by atoms with E-state index in [1.807, 2.05) is 60.7 Å². The Labute approximate surface area is 356 Å². The van der Waals surface area contributed by atoms with Crippen molar-refractivity contribution in [3.63, 3.8) is 0 Å². The van der Waals surface area contributed by atoms with E-state index in [4.69, 9.17) is 18.9 Å². The molecule has 3 unspecified atom stereocenters. The highest BCUT2D eigenvalue weighted by Crippen LogP contribution is 2.60. The topological polar surface area (TPSA) is 112 Å². The van der Waals surface area contributed by atoms with Crippen LogP contribution in [0.1, 0.15) is 77.3 Å². The van der Waals surface area contributed by atoms with Crippen molar-refractivity contribution in [1.29, 1.82) is 0 Å². The Hall–Kier alpha value is -6.48. The van der Waals surface area contributed by atoms with Crippen LogP contribution < -0.4 is 9.47 Å². The molecule has 0 fully saturated rings. The highest BCUT2D eigenvalue weighted by Gasteiger charge is 2.62. The van der Waals surface area contributed by atoms with Gasteiger partial charge in [0, 0.05) is 12.5 Å². The van der Waals surface area contributed by atoms with E-state index in [0.29, 0.717) is 33.8 Å². The zero-order chi connectivity index (χ0) is 42.6. The average molecular weight is 813 g/mol. The molecule has 3 atom stereocenters. The Bertz CT molecular complexity index is 2610. The fourth-order valence-corrected chi connectivity index (χ4v) is 9.83. The quantitative estimate of drug-likeness (QED) is 0.0716. The first-order valence-corrected chi connectivity index (χ1v) is 20.7. The number of rotatable bonds is 12. The van der Waals surface area contributed by atoms with Crippen LogP contribution in [0.25, 0.3) is 11.1 Å². The lowest BCUT2D eigenvalue weighted by Gasteiger charge is -2.54.